The van der Waals surface area contributed by atoms with Gasteiger partial charge in [-0.2, -0.15) is 10.5 Å². The number of nitrogens with zero attached hydrogens (tertiary/aromatic N) is 3. The summed E-state index contributed by atoms with van der Waals surface area (Å²) in [5.41, 5.74) is 6.60. The van der Waals surface area contributed by atoms with Crippen molar-refractivity contribution in [3.63, 3.8) is 0 Å². The molecule has 0 aliphatic carbocycles. The van der Waals surface area contributed by atoms with E-state index in [2.05, 4.69) is 5.32 Å². The largest absolute Gasteiger partial charge is 0.397 e. The van der Waals surface area contributed by atoms with E-state index in [0.29, 0.717) is 22.9 Å². The maximum Gasteiger partial charge on any atom is 0.225 e. The van der Waals surface area contributed by atoms with Crippen LogP contribution in [0.5, 0.6) is 0 Å². The molecule has 104 valence electrons. The van der Waals surface area contributed by atoms with E-state index >= 15 is 0 Å². The molecule has 1 aromatic carbocycles. The molecule has 0 heterocycles. The Morgan fingerprint density at radius 1 is 1.35 bits per heavy atom. The Bertz CT molecular complexity index is 545. The molecule has 7 heteroatoms. The fraction of sp³-hybridized carbons (Fsp3) is 0.308. The van der Waals surface area contributed by atoms with Gasteiger partial charge in [-0.25, -0.2) is 0 Å². The van der Waals surface area contributed by atoms with E-state index in [-0.39, 0.29) is 25.4 Å². The first kappa shape index (κ1) is 15.8. The minimum atomic E-state index is -0.250. The molecule has 0 saturated heterocycles. The molecule has 1 rings (SSSR count). The van der Waals surface area contributed by atoms with Crippen molar-refractivity contribution < 1.29 is 4.79 Å². The van der Waals surface area contributed by atoms with Crippen LogP contribution < -0.4 is 11.1 Å². The second kappa shape index (κ2) is 8.00. The quantitative estimate of drug-likeness (QED) is 0.611. The number of hydrogen-bond donors (Lipinski definition) is 2. The third-order valence-corrected chi connectivity index (χ3v) is 2.77. The van der Waals surface area contributed by atoms with Crippen LogP contribution in [-0.2, 0) is 4.79 Å². The average molecular weight is 292 g/mol. The van der Waals surface area contributed by atoms with Gasteiger partial charge in [-0.1, -0.05) is 11.6 Å². The van der Waals surface area contributed by atoms with Gasteiger partial charge in [-0.3, -0.25) is 9.69 Å². The van der Waals surface area contributed by atoms with Crippen LogP contribution in [0.25, 0.3) is 0 Å². The minimum Gasteiger partial charge on any atom is -0.397 e. The zero-order valence-corrected chi connectivity index (χ0v) is 11.5. The van der Waals surface area contributed by atoms with Crippen LogP contribution >= 0.6 is 11.6 Å². The van der Waals surface area contributed by atoms with Crippen LogP contribution in [0.2, 0.25) is 5.02 Å². The highest BCUT2D eigenvalue weighted by molar-refractivity contribution is 6.31. The number of halogens is 1. The van der Waals surface area contributed by atoms with Crippen LogP contribution in [0.4, 0.5) is 11.4 Å². The number of hydrogen-bond acceptors (Lipinski definition) is 5. The predicted molar refractivity (Wildman–Crippen MR) is 76.8 cm³/mol. The van der Waals surface area contributed by atoms with Crippen LogP contribution in [0.1, 0.15) is 6.42 Å². The standard InChI is InChI=1S/C13H14ClN5O/c14-10-1-2-11(17)12(9-10)18-13(20)3-6-19(7-4-15)8-5-16/h1-2,9H,3,6-8,17H2,(H,18,20). The third kappa shape index (κ3) is 5.15. The summed E-state index contributed by atoms with van der Waals surface area (Å²) in [6.07, 6.45) is 0.162. The first-order chi connectivity index (χ1) is 9.56. The molecule has 0 aromatic heterocycles. The molecule has 0 unspecified atom stereocenters. The Morgan fingerprint density at radius 3 is 2.60 bits per heavy atom. The molecular formula is C13H14ClN5O. The summed E-state index contributed by atoms with van der Waals surface area (Å²) >= 11 is 5.82. The van der Waals surface area contributed by atoms with E-state index in [4.69, 9.17) is 27.9 Å². The van der Waals surface area contributed by atoms with Gasteiger partial charge in [-0.05, 0) is 18.2 Å². The van der Waals surface area contributed by atoms with Gasteiger partial charge in [0.1, 0.15) is 0 Å². The fourth-order valence-corrected chi connectivity index (χ4v) is 1.70. The summed E-state index contributed by atoms with van der Waals surface area (Å²) in [7, 11) is 0. The fourth-order valence-electron chi connectivity index (χ4n) is 1.52. The lowest BCUT2D eigenvalue weighted by Gasteiger charge is -2.15. The van der Waals surface area contributed by atoms with Gasteiger partial charge < -0.3 is 11.1 Å². The Balaban J connectivity index is 2.53. The van der Waals surface area contributed by atoms with Crippen molar-refractivity contribution in [3.8, 4) is 12.1 Å². The van der Waals surface area contributed by atoms with Crippen molar-refractivity contribution in [2.45, 2.75) is 6.42 Å². The van der Waals surface area contributed by atoms with Crippen LogP contribution in [0, 0.1) is 22.7 Å². The highest BCUT2D eigenvalue weighted by atomic mass is 35.5. The molecule has 20 heavy (non-hydrogen) atoms. The molecule has 0 atom stereocenters. The topological polar surface area (TPSA) is 106 Å². The minimum absolute atomic E-state index is 0.111. The molecule has 6 nitrogen and oxygen atoms in total. The van der Waals surface area contributed by atoms with E-state index in [0.717, 1.165) is 0 Å². The lowest BCUT2D eigenvalue weighted by molar-refractivity contribution is -0.116. The van der Waals surface area contributed by atoms with E-state index in [1.165, 1.54) is 0 Å². The Hall–Kier alpha value is -2.28. The first-order valence-electron chi connectivity index (χ1n) is 5.88. The van der Waals surface area contributed by atoms with E-state index in [1.54, 1.807) is 23.1 Å². The number of nitrogens with one attached hydrogen (secondary N) is 1. The SMILES string of the molecule is N#CCN(CC#N)CCC(=O)Nc1cc(Cl)ccc1N. The number of anilines is 2. The number of benzene rings is 1. The maximum absolute atomic E-state index is 11.8. The zero-order valence-electron chi connectivity index (χ0n) is 10.8. The van der Waals surface area contributed by atoms with Gasteiger partial charge in [0.25, 0.3) is 0 Å². The van der Waals surface area contributed by atoms with Gasteiger partial charge in [0.05, 0.1) is 36.6 Å². The Labute approximate surface area is 122 Å². The molecule has 1 aromatic rings. The Morgan fingerprint density at radius 2 is 2.00 bits per heavy atom. The molecular weight excluding hydrogens is 278 g/mol. The van der Waals surface area contributed by atoms with Crippen molar-refractivity contribution in [3.05, 3.63) is 23.2 Å². The lowest BCUT2D eigenvalue weighted by atomic mass is 10.2. The maximum atomic E-state index is 11.8. The summed E-state index contributed by atoms with van der Waals surface area (Å²) in [5.74, 6) is -0.250. The second-order valence-electron chi connectivity index (χ2n) is 4.06. The van der Waals surface area contributed by atoms with Crippen molar-refractivity contribution in [1.82, 2.24) is 4.90 Å². The summed E-state index contributed by atoms with van der Waals surface area (Å²) in [5, 5.41) is 20.3. The molecule has 3 N–H and O–H groups in total. The van der Waals surface area contributed by atoms with Gasteiger partial charge in [0.2, 0.25) is 5.91 Å². The van der Waals surface area contributed by atoms with Crippen molar-refractivity contribution in [2.24, 2.45) is 0 Å². The molecule has 0 spiro atoms. The third-order valence-electron chi connectivity index (χ3n) is 2.53. The lowest BCUT2D eigenvalue weighted by Crippen LogP contribution is -2.28. The second-order valence-corrected chi connectivity index (χ2v) is 4.49. The Kier molecular flexibility index (Phi) is 6.31. The van der Waals surface area contributed by atoms with E-state index < -0.39 is 0 Å². The molecule has 0 bridgehead atoms. The predicted octanol–water partition coefficient (Wildman–Crippen LogP) is 1.60. The van der Waals surface area contributed by atoms with Crippen molar-refractivity contribution >= 4 is 28.9 Å². The highest BCUT2D eigenvalue weighted by Gasteiger charge is 2.09. The highest BCUT2D eigenvalue weighted by Crippen LogP contribution is 2.22. The summed E-state index contributed by atoms with van der Waals surface area (Å²) < 4.78 is 0. The molecule has 0 radical (unpaired) electrons. The van der Waals surface area contributed by atoms with Crippen LogP contribution in [0.15, 0.2) is 18.2 Å². The smallest absolute Gasteiger partial charge is 0.225 e. The van der Waals surface area contributed by atoms with E-state index in [9.17, 15) is 4.79 Å². The molecule has 0 saturated carbocycles. The summed E-state index contributed by atoms with van der Waals surface area (Å²) in [4.78, 5) is 13.4. The average Bonchev–Trinajstić information content (AvgIpc) is 2.41. The van der Waals surface area contributed by atoms with Crippen LogP contribution in [0.3, 0.4) is 0 Å². The number of rotatable bonds is 6. The van der Waals surface area contributed by atoms with Gasteiger partial charge in [-0.15, -0.1) is 0 Å². The van der Waals surface area contributed by atoms with Gasteiger partial charge in [0, 0.05) is 18.0 Å². The van der Waals surface area contributed by atoms with Gasteiger partial charge >= 0.3 is 0 Å². The number of carbonyl (C=O) groups excluding carboxylic acids is 1. The number of amides is 1. The van der Waals surface area contributed by atoms with Gasteiger partial charge in [0.15, 0.2) is 0 Å². The number of carbonyl (C=O) groups is 1. The molecule has 1 amide bonds. The first-order valence-corrected chi connectivity index (χ1v) is 6.25. The molecule has 0 aliphatic heterocycles. The zero-order chi connectivity index (χ0) is 15.0. The van der Waals surface area contributed by atoms with Crippen LogP contribution in [-0.4, -0.2) is 30.4 Å². The summed E-state index contributed by atoms with van der Waals surface area (Å²) in [6.45, 7) is 0.549. The molecule has 0 fully saturated rings. The normalized spacial score (nSPS) is 9.80. The number of nitrogen functional groups attached to an aromatic ring is 1. The summed E-state index contributed by atoms with van der Waals surface area (Å²) in [6, 6.07) is 8.70. The van der Waals surface area contributed by atoms with Crippen molar-refractivity contribution in [1.29, 1.82) is 10.5 Å². The number of nitriles is 2. The molecule has 0 aliphatic rings. The monoisotopic (exact) mass is 291 g/mol. The van der Waals surface area contributed by atoms with E-state index in [1.807, 2.05) is 12.1 Å². The van der Waals surface area contributed by atoms with Crippen molar-refractivity contribution in [2.75, 3.05) is 30.7 Å². The number of nitrogens with two attached hydrogens (primary N) is 1.